The summed E-state index contributed by atoms with van der Waals surface area (Å²) in [6.07, 6.45) is -0.429. The molecule has 2 rings (SSSR count). The van der Waals surface area contributed by atoms with Gasteiger partial charge in [-0.3, -0.25) is 0 Å². The van der Waals surface area contributed by atoms with Crippen LogP contribution in [-0.4, -0.2) is 5.11 Å². The third kappa shape index (κ3) is 3.77. The molecule has 1 nitrogen and oxygen atoms in total. The maximum absolute atomic E-state index is 10.2. The Labute approximate surface area is 131 Å². The average Bonchev–Trinajstić information content (AvgIpc) is 2.33. The maximum atomic E-state index is 10.2. The van der Waals surface area contributed by atoms with Gasteiger partial charge < -0.3 is 5.11 Å². The fourth-order valence-corrected chi connectivity index (χ4v) is 2.71. The molecule has 0 bridgehead atoms. The van der Waals surface area contributed by atoms with Crippen molar-refractivity contribution in [2.75, 3.05) is 0 Å². The smallest absolute Gasteiger partial charge is 0.0845 e. The van der Waals surface area contributed by atoms with E-state index in [2.05, 4.69) is 0 Å². The Bertz CT molecular complexity index is 598. The number of aliphatic hydroxyl groups is 1. The molecule has 0 aliphatic carbocycles. The van der Waals surface area contributed by atoms with E-state index in [4.69, 9.17) is 46.4 Å². The Morgan fingerprint density at radius 1 is 0.842 bits per heavy atom. The number of aliphatic hydroxyl groups excluding tert-OH is 1. The molecule has 0 aromatic heterocycles. The molecule has 2 aromatic carbocycles. The van der Waals surface area contributed by atoms with Gasteiger partial charge in [-0.2, -0.15) is 0 Å². The summed E-state index contributed by atoms with van der Waals surface area (Å²) in [4.78, 5) is 0. The lowest BCUT2D eigenvalue weighted by Gasteiger charge is -2.14. The summed E-state index contributed by atoms with van der Waals surface area (Å²) in [5, 5.41) is 12.3. The van der Waals surface area contributed by atoms with E-state index in [9.17, 15) is 5.11 Å². The molecular formula is C14H10Cl4O. The Morgan fingerprint density at radius 3 is 2.16 bits per heavy atom. The first kappa shape index (κ1) is 15.0. The van der Waals surface area contributed by atoms with E-state index in [-0.39, 0.29) is 0 Å². The van der Waals surface area contributed by atoms with Gasteiger partial charge in [0.1, 0.15) is 0 Å². The molecule has 2 aromatic rings. The minimum Gasteiger partial charge on any atom is -0.388 e. The number of benzene rings is 2. The normalized spacial score (nSPS) is 12.5. The summed E-state index contributed by atoms with van der Waals surface area (Å²) in [7, 11) is 0. The van der Waals surface area contributed by atoms with Crippen molar-refractivity contribution in [1.29, 1.82) is 0 Å². The van der Waals surface area contributed by atoms with Crippen LogP contribution in [-0.2, 0) is 6.42 Å². The lowest BCUT2D eigenvalue weighted by Crippen LogP contribution is -2.03. The van der Waals surface area contributed by atoms with E-state index < -0.39 is 6.10 Å². The molecule has 100 valence electrons. The fourth-order valence-electron chi connectivity index (χ4n) is 1.79. The summed E-state index contributed by atoms with van der Waals surface area (Å²) in [6, 6.07) is 10.1. The van der Waals surface area contributed by atoms with Gasteiger partial charge in [0.15, 0.2) is 0 Å². The number of hydrogen-bond acceptors (Lipinski definition) is 1. The Balaban J connectivity index is 2.25. The molecule has 0 heterocycles. The van der Waals surface area contributed by atoms with Crippen LogP contribution in [0.2, 0.25) is 20.1 Å². The summed E-state index contributed by atoms with van der Waals surface area (Å²) in [6.45, 7) is 0. The van der Waals surface area contributed by atoms with E-state index in [1.165, 1.54) is 0 Å². The van der Waals surface area contributed by atoms with Crippen LogP contribution in [0.15, 0.2) is 36.4 Å². The van der Waals surface area contributed by atoms with Gasteiger partial charge in [0.25, 0.3) is 0 Å². The van der Waals surface area contributed by atoms with Crippen molar-refractivity contribution in [3.8, 4) is 0 Å². The minimum absolute atomic E-state index is 0.334. The van der Waals surface area contributed by atoms with Gasteiger partial charge in [-0.25, -0.2) is 0 Å². The van der Waals surface area contributed by atoms with E-state index in [0.717, 1.165) is 5.56 Å². The minimum atomic E-state index is -0.763. The second-order valence-electron chi connectivity index (χ2n) is 4.12. The third-order valence-corrected chi connectivity index (χ3v) is 3.91. The molecule has 1 atom stereocenters. The fraction of sp³-hybridized carbons (Fsp3) is 0.143. The lowest BCUT2D eigenvalue weighted by atomic mass is 10.0. The van der Waals surface area contributed by atoms with Gasteiger partial charge in [-0.15, -0.1) is 0 Å². The van der Waals surface area contributed by atoms with E-state index in [0.29, 0.717) is 32.1 Å². The lowest BCUT2D eigenvalue weighted by molar-refractivity contribution is 0.178. The summed E-state index contributed by atoms with van der Waals surface area (Å²) >= 11 is 23.9. The molecule has 0 fully saturated rings. The summed E-state index contributed by atoms with van der Waals surface area (Å²) in [5.74, 6) is 0. The van der Waals surface area contributed by atoms with E-state index in [1.807, 2.05) is 0 Å². The van der Waals surface area contributed by atoms with Crippen molar-refractivity contribution in [2.45, 2.75) is 12.5 Å². The van der Waals surface area contributed by atoms with Crippen LogP contribution >= 0.6 is 46.4 Å². The standard InChI is InChI=1S/C14H10Cl4O/c15-9-2-4-12(17)8(5-9)6-14(19)11-3-1-10(16)7-13(11)18/h1-5,7,14,19H,6H2. The Kier molecular flexibility index (Phi) is 4.99. The molecule has 0 radical (unpaired) electrons. The SMILES string of the molecule is OC(Cc1cc(Cl)ccc1Cl)c1ccc(Cl)cc1Cl. The number of rotatable bonds is 3. The predicted molar refractivity (Wildman–Crippen MR) is 81.6 cm³/mol. The van der Waals surface area contributed by atoms with Gasteiger partial charge in [-0.05, 0) is 41.5 Å². The van der Waals surface area contributed by atoms with Crippen LogP contribution in [0, 0.1) is 0 Å². The van der Waals surface area contributed by atoms with Crippen LogP contribution in [0.5, 0.6) is 0 Å². The van der Waals surface area contributed by atoms with Crippen LogP contribution < -0.4 is 0 Å². The molecule has 1 N–H and O–H groups in total. The van der Waals surface area contributed by atoms with E-state index >= 15 is 0 Å². The Morgan fingerprint density at radius 2 is 1.47 bits per heavy atom. The third-order valence-electron chi connectivity index (χ3n) is 2.74. The molecule has 0 aliphatic heterocycles. The topological polar surface area (TPSA) is 20.2 Å². The largest absolute Gasteiger partial charge is 0.388 e. The first-order chi connectivity index (χ1) is 8.97. The van der Waals surface area contributed by atoms with Crippen molar-refractivity contribution < 1.29 is 5.11 Å². The molecule has 1 unspecified atom stereocenters. The molecule has 0 amide bonds. The average molecular weight is 336 g/mol. The number of hydrogen-bond donors (Lipinski definition) is 1. The van der Waals surface area contributed by atoms with Crippen LogP contribution in [0.4, 0.5) is 0 Å². The van der Waals surface area contributed by atoms with E-state index in [1.54, 1.807) is 36.4 Å². The first-order valence-corrected chi connectivity index (χ1v) is 7.05. The molecular weight excluding hydrogens is 326 g/mol. The van der Waals surface area contributed by atoms with Crippen molar-refractivity contribution in [3.63, 3.8) is 0 Å². The highest BCUT2D eigenvalue weighted by Gasteiger charge is 2.14. The van der Waals surface area contributed by atoms with Crippen molar-refractivity contribution in [3.05, 3.63) is 67.6 Å². The van der Waals surface area contributed by atoms with Crippen LogP contribution in [0.3, 0.4) is 0 Å². The maximum Gasteiger partial charge on any atom is 0.0845 e. The van der Waals surface area contributed by atoms with Crippen molar-refractivity contribution in [1.82, 2.24) is 0 Å². The zero-order valence-corrected chi connectivity index (χ0v) is 12.7. The second-order valence-corrected chi connectivity index (χ2v) is 5.81. The molecule has 0 spiro atoms. The molecule has 19 heavy (non-hydrogen) atoms. The Hall–Kier alpha value is -0.440. The quantitative estimate of drug-likeness (QED) is 0.776. The highest BCUT2D eigenvalue weighted by Crippen LogP contribution is 2.30. The number of halogens is 4. The second kappa shape index (κ2) is 6.34. The van der Waals surface area contributed by atoms with Crippen molar-refractivity contribution >= 4 is 46.4 Å². The first-order valence-electron chi connectivity index (χ1n) is 5.54. The molecule has 5 heteroatoms. The zero-order valence-electron chi connectivity index (χ0n) is 9.71. The highest BCUT2D eigenvalue weighted by atomic mass is 35.5. The van der Waals surface area contributed by atoms with Crippen molar-refractivity contribution in [2.24, 2.45) is 0 Å². The summed E-state index contributed by atoms with van der Waals surface area (Å²) in [5.41, 5.74) is 1.38. The monoisotopic (exact) mass is 334 g/mol. The molecule has 0 saturated carbocycles. The van der Waals surface area contributed by atoms with Gasteiger partial charge in [-0.1, -0.05) is 52.5 Å². The molecule has 0 saturated heterocycles. The van der Waals surface area contributed by atoms with Gasteiger partial charge >= 0.3 is 0 Å². The van der Waals surface area contributed by atoms with Gasteiger partial charge in [0.2, 0.25) is 0 Å². The van der Waals surface area contributed by atoms with Crippen LogP contribution in [0.25, 0.3) is 0 Å². The highest BCUT2D eigenvalue weighted by molar-refractivity contribution is 6.35. The summed E-state index contributed by atoms with van der Waals surface area (Å²) < 4.78 is 0. The van der Waals surface area contributed by atoms with Gasteiger partial charge in [0, 0.05) is 26.5 Å². The molecule has 0 aliphatic rings. The van der Waals surface area contributed by atoms with Crippen LogP contribution in [0.1, 0.15) is 17.2 Å². The predicted octanol–water partition coefficient (Wildman–Crippen LogP) is 5.58. The zero-order chi connectivity index (χ0) is 14.0. The van der Waals surface area contributed by atoms with Gasteiger partial charge in [0.05, 0.1) is 6.10 Å².